The Bertz CT molecular complexity index is 481. The summed E-state index contributed by atoms with van der Waals surface area (Å²) in [4.78, 5) is 12.4. The number of hydrogen-bond donors (Lipinski definition) is 0. The fourth-order valence-electron chi connectivity index (χ4n) is 3.17. The molecule has 1 fully saturated rings. The van der Waals surface area contributed by atoms with E-state index in [2.05, 4.69) is 46.0 Å². The summed E-state index contributed by atoms with van der Waals surface area (Å²) < 4.78 is 18.4. The summed E-state index contributed by atoms with van der Waals surface area (Å²) in [6, 6.07) is 0. The van der Waals surface area contributed by atoms with Crippen LogP contribution in [0, 0.1) is 0 Å². The molecule has 0 aromatic carbocycles. The van der Waals surface area contributed by atoms with Crippen LogP contribution in [-0.4, -0.2) is 38.7 Å². The molecule has 4 atom stereocenters. The van der Waals surface area contributed by atoms with Crippen molar-refractivity contribution in [3.63, 3.8) is 0 Å². The number of fused-ring (bicyclic) bond motifs is 2. The van der Waals surface area contributed by atoms with E-state index >= 15 is 0 Å². The van der Waals surface area contributed by atoms with Gasteiger partial charge in [-0.25, -0.2) is 0 Å². The third-order valence-corrected chi connectivity index (χ3v) is 10.3. The third kappa shape index (κ3) is 5.93. The summed E-state index contributed by atoms with van der Waals surface area (Å²) in [5, 5.41) is 0.143. The maximum atomic E-state index is 12.4. The molecule has 2 aliphatic rings. The number of rotatable bonds is 2. The first kappa shape index (κ1) is 20.7. The molecule has 144 valence electrons. The van der Waals surface area contributed by atoms with Crippen molar-refractivity contribution in [2.45, 2.75) is 109 Å². The molecule has 0 amide bonds. The molecule has 2 rings (SSSR count). The molecule has 0 aromatic heterocycles. The van der Waals surface area contributed by atoms with Gasteiger partial charge in [0.2, 0.25) is 0 Å². The second-order valence-corrected chi connectivity index (χ2v) is 13.8. The highest BCUT2D eigenvalue weighted by molar-refractivity contribution is 6.74. The smallest absolute Gasteiger partial charge is 0.308 e. The first-order chi connectivity index (χ1) is 11.6. The van der Waals surface area contributed by atoms with Crippen LogP contribution >= 0.6 is 0 Å². The van der Waals surface area contributed by atoms with E-state index in [1.54, 1.807) is 0 Å². The van der Waals surface area contributed by atoms with E-state index in [-0.39, 0.29) is 41.8 Å². The molecule has 0 radical (unpaired) electrons. The van der Waals surface area contributed by atoms with Gasteiger partial charge < -0.3 is 13.9 Å². The Balaban J connectivity index is 2.13. The molecule has 0 unspecified atom stereocenters. The average Bonchev–Trinajstić information content (AvgIpc) is 2.46. The molecule has 2 heterocycles. The average molecular weight is 369 g/mol. The second-order valence-electron chi connectivity index (χ2n) is 9.07. The van der Waals surface area contributed by atoms with Gasteiger partial charge >= 0.3 is 5.97 Å². The minimum atomic E-state index is -1.90. The lowest BCUT2D eigenvalue weighted by Crippen LogP contribution is -2.50. The largest absolute Gasteiger partial charge is 0.463 e. The lowest BCUT2D eigenvalue weighted by molar-refractivity contribution is -0.159. The molecule has 0 saturated carbocycles. The van der Waals surface area contributed by atoms with Gasteiger partial charge in [0.05, 0.1) is 30.8 Å². The fourth-order valence-corrected chi connectivity index (χ4v) is 4.55. The highest BCUT2D eigenvalue weighted by Gasteiger charge is 2.43. The van der Waals surface area contributed by atoms with E-state index in [1.807, 2.05) is 6.92 Å². The number of ether oxygens (including phenoxy) is 2. The van der Waals surface area contributed by atoms with Crippen molar-refractivity contribution in [1.29, 1.82) is 0 Å². The number of cyclic esters (lactones) is 1. The Morgan fingerprint density at radius 3 is 2.60 bits per heavy atom. The summed E-state index contributed by atoms with van der Waals surface area (Å²) in [7, 11) is -1.90. The highest BCUT2D eigenvalue weighted by atomic mass is 28.4. The minimum Gasteiger partial charge on any atom is -0.463 e. The van der Waals surface area contributed by atoms with Crippen LogP contribution in [0.15, 0.2) is 12.2 Å². The van der Waals surface area contributed by atoms with Crippen LogP contribution in [0.1, 0.15) is 66.2 Å². The Labute approximate surface area is 154 Å². The SMILES string of the molecule is C[C@H]1CCC/C=C\[C@H]2CC[C@@H](O[Si](C)(C)C(C)(C)C)[C@@H](CC(=O)O1)O2. The number of hydrogen-bond acceptors (Lipinski definition) is 4. The van der Waals surface area contributed by atoms with Crippen LogP contribution in [0.2, 0.25) is 18.1 Å². The Morgan fingerprint density at radius 2 is 1.92 bits per heavy atom. The van der Waals surface area contributed by atoms with Crippen molar-refractivity contribution >= 4 is 14.3 Å². The number of esters is 1. The zero-order valence-corrected chi connectivity index (χ0v) is 17.8. The van der Waals surface area contributed by atoms with Crippen LogP contribution in [0.25, 0.3) is 0 Å². The van der Waals surface area contributed by atoms with Crippen molar-refractivity contribution in [2.24, 2.45) is 0 Å². The van der Waals surface area contributed by atoms with Crippen molar-refractivity contribution in [1.82, 2.24) is 0 Å². The molecule has 2 aliphatic heterocycles. The lowest BCUT2D eigenvalue weighted by atomic mass is 9.98. The second kappa shape index (κ2) is 8.36. The van der Waals surface area contributed by atoms with Gasteiger partial charge in [0.25, 0.3) is 0 Å². The predicted octanol–water partition coefficient (Wildman–Crippen LogP) is 4.99. The summed E-state index contributed by atoms with van der Waals surface area (Å²) in [5.41, 5.74) is 0. The van der Waals surface area contributed by atoms with Crippen LogP contribution in [0.4, 0.5) is 0 Å². The number of carbonyl (C=O) groups is 1. The van der Waals surface area contributed by atoms with E-state index in [9.17, 15) is 4.79 Å². The lowest BCUT2D eigenvalue weighted by Gasteiger charge is -2.44. The molecule has 2 bridgehead atoms. The van der Waals surface area contributed by atoms with Gasteiger partial charge in [0.1, 0.15) is 0 Å². The van der Waals surface area contributed by atoms with E-state index in [0.717, 1.165) is 32.1 Å². The maximum absolute atomic E-state index is 12.4. The molecule has 4 nitrogen and oxygen atoms in total. The van der Waals surface area contributed by atoms with E-state index in [1.165, 1.54) is 0 Å². The Hall–Kier alpha value is -0.653. The first-order valence-electron chi connectivity index (χ1n) is 9.78. The van der Waals surface area contributed by atoms with Crippen LogP contribution in [0.3, 0.4) is 0 Å². The van der Waals surface area contributed by atoms with Gasteiger partial charge in [0, 0.05) is 0 Å². The first-order valence-corrected chi connectivity index (χ1v) is 12.7. The molecule has 5 heteroatoms. The summed E-state index contributed by atoms with van der Waals surface area (Å²) >= 11 is 0. The zero-order valence-electron chi connectivity index (χ0n) is 16.8. The summed E-state index contributed by atoms with van der Waals surface area (Å²) in [5.74, 6) is -0.161. The molecule has 25 heavy (non-hydrogen) atoms. The third-order valence-electron chi connectivity index (χ3n) is 5.78. The standard InChI is InChI=1S/C20H36O4Si/c1-15-10-8-7-9-11-16-12-13-17(18(23-16)14-19(21)22-15)24-25(5,6)20(2,3)4/h9,11,15-18H,7-8,10,12-14H2,1-6H3/b11-9-/t15-,16-,17+,18+/m0/s1. The van der Waals surface area contributed by atoms with E-state index < -0.39 is 8.32 Å². The number of allylic oxidation sites excluding steroid dienone is 1. The van der Waals surface area contributed by atoms with Gasteiger partial charge in [0.15, 0.2) is 8.32 Å². The van der Waals surface area contributed by atoms with Crippen LogP contribution in [0.5, 0.6) is 0 Å². The Kier molecular flexibility index (Phi) is 6.91. The van der Waals surface area contributed by atoms with Crippen LogP contribution < -0.4 is 0 Å². The van der Waals surface area contributed by atoms with Gasteiger partial charge in [-0.2, -0.15) is 0 Å². The summed E-state index contributed by atoms with van der Waals surface area (Å²) in [6.45, 7) is 13.2. The van der Waals surface area contributed by atoms with Gasteiger partial charge in [-0.3, -0.25) is 4.79 Å². The van der Waals surface area contributed by atoms with Crippen molar-refractivity contribution in [3.8, 4) is 0 Å². The fraction of sp³-hybridized carbons (Fsp3) is 0.850. The quantitative estimate of drug-likeness (QED) is 0.391. The van der Waals surface area contributed by atoms with Crippen LogP contribution in [-0.2, 0) is 18.7 Å². The maximum Gasteiger partial charge on any atom is 0.308 e. The Morgan fingerprint density at radius 1 is 1.20 bits per heavy atom. The molecule has 0 N–H and O–H groups in total. The molecule has 0 spiro atoms. The normalized spacial score (nSPS) is 33.8. The predicted molar refractivity (Wildman–Crippen MR) is 103 cm³/mol. The minimum absolute atomic E-state index is 0.0173. The van der Waals surface area contributed by atoms with Gasteiger partial charge in [-0.05, 0) is 57.2 Å². The van der Waals surface area contributed by atoms with E-state index in [0.29, 0.717) is 0 Å². The molecule has 0 aliphatic carbocycles. The summed E-state index contributed by atoms with van der Waals surface area (Å²) in [6.07, 6.45) is 9.37. The molecular formula is C20H36O4Si. The van der Waals surface area contributed by atoms with Crippen molar-refractivity contribution in [3.05, 3.63) is 12.2 Å². The van der Waals surface area contributed by atoms with Crippen molar-refractivity contribution < 1.29 is 18.7 Å². The monoisotopic (exact) mass is 368 g/mol. The molecule has 0 aromatic rings. The van der Waals surface area contributed by atoms with Crippen molar-refractivity contribution in [2.75, 3.05) is 0 Å². The van der Waals surface area contributed by atoms with Gasteiger partial charge in [-0.1, -0.05) is 32.9 Å². The molecular weight excluding hydrogens is 332 g/mol. The topological polar surface area (TPSA) is 44.8 Å². The number of carbonyl (C=O) groups excluding carboxylic acids is 1. The molecule has 1 saturated heterocycles. The highest BCUT2D eigenvalue weighted by Crippen LogP contribution is 2.39. The zero-order chi connectivity index (χ0) is 18.7. The van der Waals surface area contributed by atoms with Gasteiger partial charge in [-0.15, -0.1) is 0 Å². The van der Waals surface area contributed by atoms with E-state index in [4.69, 9.17) is 13.9 Å².